The van der Waals surface area contributed by atoms with Gasteiger partial charge in [-0.15, -0.1) is 0 Å². The van der Waals surface area contributed by atoms with Crippen molar-refractivity contribution in [3.8, 4) is 11.5 Å². The number of hydrogen-bond donors (Lipinski definition) is 5. The molecule has 2 aromatic heterocycles. The van der Waals surface area contributed by atoms with Gasteiger partial charge in [-0.25, -0.2) is 15.0 Å². The second-order valence-corrected chi connectivity index (χ2v) is 4.14. The first-order valence-electron chi connectivity index (χ1n) is 5.87. The molecule has 0 atom stereocenters. The molecule has 3 aromatic rings. The Balaban J connectivity index is 1.78. The lowest BCUT2D eigenvalue weighted by molar-refractivity contribution is 0.0961. The highest BCUT2D eigenvalue weighted by molar-refractivity contribution is 5.96. The van der Waals surface area contributed by atoms with Crippen molar-refractivity contribution in [2.75, 3.05) is 5.43 Å². The fraction of sp³-hybridized carbons (Fsp3) is 0. The zero-order chi connectivity index (χ0) is 14.8. The Morgan fingerprint density at radius 1 is 1.10 bits per heavy atom. The van der Waals surface area contributed by atoms with Crippen LogP contribution in [0.4, 0.5) is 5.82 Å². The number of hydrazine groups is 1. The second kappa shape index (κ2) is 4.96. The van der Waals surface area contributed by atoms with Crippen LogP contribution in [-0.4, -0.2) is 36.1 Å². The van der Waals surface area contributed by atoms with Crippen LogP contribution in [0.1, 0.15) is 10.4 Å². The van der Waals surface area contributed by atoms with Gasteiger partial charge in [0, 0.05) is 11.6 Å². The van der Waals surface area contributed by atoms with Crippen LogP contribution in [0.15, 0.2) is 30.9 Å². The van der Waals surface area contributed by atoms with Crippen LogP contribution in [0.5, 0.6) is 11.5 Å². The van der Waals surface area contributed by atoms with Gasteiger partial charge in [0.1, 0.15) is 23.3 Å². The number of rotatable bonds is 3. The summed E-state index contributed by atoms with van der Waals surface area (Å²) in [7, 11) is 0. The summed E-state index contributed by atoms with van der Waals surface area (Å²) < 4.78 is 0. The molecule has 3 rings (SSSR count). The van der Waals surface area contributed by atoms with Crippen molar-refractivity contribution in [1.82, 2.24) is 25.4 Å². The number of carbonyl (C=O) groups excluding carboxylic acids is 1. The van der Waals surface area contributed by atoms with Crippen molar-refractivity contribution in [2.45, 2.75) is 0 Å². The topological polar surface area (TPSA) is 136 Å². The molecule has 0 radical (unpaired) electrons. The average molecular weight is 286 g/mol. The summed E-state index contributed by atoms with van der Waals surface area (Å²) in [4.78, 5) is 26.6. The van der Waals surface area contributed by atoms with Crippen LogP contribution in [0.2, 0.25) is 0 Å². The van der Waals surface area contributed by atoms with E-state index in [4.69, 9.17) is 0 Å². The van der Waals surface area contributed by atoms with Gasteiger partial charge in [-0.3, -0.25) is 15.6 Å². The van der Waals surface area contributed by atoms with Crippen molar-refractivity contribution in [1.29, 1.82) is 0 Å². The highest BCUT2D eigenvalue weighted by Crippen LogP contribution is 2.20. The summed E-state index contributed by atoms with van der Waals surface area (Å²) in [5, 5.41) is 18.7. The van der Waals surface area contributed by atoms with Gasteiger partial charge in [-0.1, -0.05) is 0 Å². The highest BCUT2D eigenvalue weighted by Gasteiger charge is 2.10. The van der Waals surface area contributed by atoms with Crippen LogP contribution < -0.4 is 10.9 Å². The van der Waals surface area contributed by atoms with E-state index in [9.17, 15) is 15.0 Å². The number of hydrogen-bond acceptors (Lipinski definition) is 7. The third kappa shape index (κ3) is 2.52. The number of anilines is 1. The van der Waals surface area contributed by atoms with E-state index in [1.54, 1.807) is 0 Å². The predicted octanol–water partition coefficient (Wildman–Crippen LogP) is 0.521. The Morgan fingerprint density at radius 3 is 2.62 bits per heavy atom. The van der Waals surface area contributed by atoms with Crippen molar-refractivity contribution in [3.63, 3.8) is 0 Å². The minimum atomic E-state index is -0.549. The van der Waals surface area contributed by atoms with Gasteiger partial charge < -0.3 is 15.2 Å². The Bertz CT molecular complexity index is 795. The van der Waals surface area contributed by atoms with Gasteiger partial charge >= 0.3 is 0 Å². The van der Waals surface area contributed by atoms with Crippen LogP contribution in [0, 0.1) is 0 Å². The molecule has 0 unspecified atom stereocenters. The summed E-state index contributed by atoms with van der Waals surface area (Å²) in [6.07, 6.45) is 2.76. The molecule has 106 valence electrons. The van der Waals surface area contributed by atoms with Crippen molar-refractivity contribution >= 4 is 22.9 Å². The molecule has 21 heavy (non-hydrogen) atoms. The molecule has 0 fully saturated rings. The number of phenols is 2. The van der Waals surface area contributed by atoms with E-state index in [1.807, 2.05) is 0 Å². The number of carbonyl (C=O) groups is 1. The van der Waals surface area contributed by atoms with Gasteiger partial charge in [0.25, 0.3) is 5.91 Å². The van der Waals surface area contributed by atoms with E-state index < -0.39 is 5.91 Å². The average Bonchev–Trinajstić information content (AvgIpc) is 2.92. The maximum absolute atomic E-state index is 11.9. The lowest BCUT2D eigenvalue weighted by Gasteiger charge is -2.08. The summed E-state index contributed by atoms with van der Waals surface area (Å²) in [6, 6.07) is 3.58. The quantitative estimate of drug-likeness (QED) is 0.443. The smallest absolute Gasteiger partial charge is 0.269 e. The first-order valence-corrected chi connectivity index (χ1v) is 5.87. The van der Waals surface area contributed by atoms with Crippen LogP contribution in [-0.2, 0) is 0 Å². The fourth-order valence-electron chi connectivity index (χ4n) is 1.77. The molecule has 0 saturated carbocycles. The zero-order valence-corrected chi connectivity index (χ0v) is 10.5. The lowest BCUT2D eigenvalue weighted by atomic mass is 10.2. The number of fused-ring (bicyclic) bond motifs is 1. The third-order valence-corrected chi connectivity index (χ3v) is 2.68. The molecule has 0 aliphatic heterocycles. The molecule has 0 aliphatic rings. The van der Waals surface area contributed by atoms with E-state index in [2.05, 4.69) is 30.8 Å². The van der Waals surface area contributed by atoms with Gasteiger partial charge in [-0.05, 0) is 12.1 Å². The molecule has 1 aromatic carbocycles. The molecular formula is C12H10N6O3. The first kappa shape index (κ1) is 12.7. The molecular weight excluding hydrogens is 276 g/mol. The van der Waals surface area contributed by atoms with Crippen LogP contribution in [0.3, 0.4) is 0 Å². The monoisotopic (exact) mass is 286 g/mol. The Hall–Kier alpha value is -3.36. The van der Waals surface area contributed by atoms with E-state index >= 15 is 0 Å². The van der Waals surface area contributed by atoms with E-state index in [0.717, 1.165) is 6.07 Å². The summed E-state index contributed by atoms with van der Waals surface area (Å²) in [5.41, 5.74) is 6.11. The summed E-state index contributed by atoms with van der Waals surface area (Å²) in [5.74, 6) is -0.626. The normalized spacial score (nSPS) is 10.5. The Morgan fingerprint density at radius 2 is 1.86 bits per heavy atom. The number of amides is 1. The maximum atomic E-state index is 11.9. The van der Waals surface area contributed by atoms with E-state index in [1.165, 1.54) is 24.8 Å². The highest BCUT2D eigenvalue weighted by atomic mass is 16.3. The van der Waals surface area contributed by atoms with Crippen LogP contribution >= 0.6 is 0 Å². The minimum absolute atomic E-state index is 0.0925. The number of nitrogens with zero attached hydrogens (tertiary/aromatic N) is 3. The maximum Gasteiger partial charge on any atom is 0.269 e. The fourth-order valence-corrected chi connectivity index (χ4v) is 1.77. The number of benzene rings is 1. The molecule has 0 spiro atoms. The molecule has 0 saturated heterocycles. The molecule has 1 amide bonds. The number of nitrogens with one attached hydrogen (secondary N) is 3. The van der Waals surface area contributed by atoms with Gasteiger partial charge in [0.2, 0.25) is 0 Å². The number of H-pyrrole nitrogens is 1. The summed E-state index contributed by atoms with van der Waals surface area (Å²) >= 11 is 0. The predicted molar refractivity (Wildman–Crippen MR) is 72.5 cm³/mol. The molecule has 2 heterocycles. The Labute approximate surface area is 117 Å². The van der Waals surface area contributed by atoms with Crippen molar-refractivity contribution in [2.24, 2.45) is 0 Å². The molecule has 5 N–H and O–H groups in total. The summed E-state index contributed by atoms with van der Waals surface area (Å²) in [6.45, 7) is 0. The van der Waals surface area contributed by atoms with Gasteiger partial charge in [0.15, 0.2) is 11.5 Å². The number of aromatic hydroxyl groups is 2. The largest absolute Gasteiger partial charge is 0.508 e. The zero-order valence-electron chi connectivity index (χ0n) is 10.5. The van der Waals surface area contributed by atoms with Crippen molar-refractivity contribution < 1.29 is 15.0 Å². The van der Waals surface area contributed by atoms with Crippen LogP contribution in [0.25, 0.3) is 11.2 Å². The van der Waals surface area contributed by atoms with Crippen molar-refractivity contribution in [3.05, 3.63) is 36.4 Å². The molecule has 9 heteroatoms. The number of aromatic nitrogens is 4. The SMILES string of the molecule is O=C(NNc1ncnc2nc[nH]c12)c1cc(O)cc(O)c1. The molecule has 0 bridgehead atoms. The second-order valence-electron chi connectivity index (χ2n) is 4.14. The van der Waals surface area contributed by atoms with E-state index in [0.29, 0.717) is 17.0 Å². The van der Waals surface area contributed by atoms with E-state index in [-0.39, 0.29) is 17.1 Å². The number of imidazole rings is 1. The lowest BCUT2D eigenvalue weighted by Crippen LogP contribution is -2.29. The number of aromatic amines is 1. The Kier molecular flexibility index (Phi) is 2.99. The van der Waals surface area contributed by atoms with Gasteiger partial charge in [0.05, 0.1) is 6.33 Å². The third-order valence-electron chi connectivity index (χ3n) is 2.68. The minimum Gasteiger partial charge on any atom is -0.508 e. The number of phenolic OH excluding ortho intramolecular Hbond substituents is 2. The standard InChI is InChI=1S/C12H10N6O3/c19-7-1-6(2-8(20)3-7)12(21)18-17-11-9-10(14-4-13-9)15-5-16-11/h1-5,19-20H,(H,18,21)(H2,13,14,15,16,17). The molecule has 0 aliphatic carbocycles. The van der Waals surface area contributed by atoms with Gasteiger partial charge in [-0.2, -0.15) is 0 Å². The molecule has 9 nitrogen and oxygen atoms in total. The first-order chi connectivity index (χ1) is 10.1.